The van der Waals surface area contributed by atoms with E-state index >= 15 is 0 Å². The Morgan fingerprint density at radius 1 is 1.50 bits per heavy atom. The summed E-state index contributed by atoms with van der Waals surface area (Å²) in [6.07, 6.45) is 0. The van der Waals surface area contributed by atoms with Gasteiger partial charge in [-0.1, -0.05) is 0 Å². The zero-order chi connectivity index (χ0) is 13.3. The molecule has 0 radical (unpaired) electrons. The molecule has 0 amide bonds. The van der Waals surface area contributed by atoms with Crippen LogP contribution in [0, 0.1) is 13.8 Å². The molecule has 0 spiro atoms. The van der Waals surface area contributed by atoms with E-state index in [4.69, 9.17) is 4.74 Å². The third-order valence-electron chi connectivity index (χ3n) is 2.72. The first kappa shape index (κ1) is 12.8. The van der Waals surface area contributed by atoms with Crippen LogP contribution in [0.15, 0.2) is 5.38 Å². The van der Waals surface area contributed by atoms with Crippen LogP contribution in [0.5, 0.6) is 0 Å². The predicted molar refractivity (Wildman–Crippen MR) is 69.7 cm³/mol. The molecule has 0 saturated carbocycles. The Hall–Kier alpha value is -1.69. The molecule has 0 bridgehead atoms. The fraction of sp³-hybridized carbons (Fsp3) is 0.417. The van der Waals surface area contributed by atoms with Crippen LogP contribution in [-0.2, 0) is 11.8 Å². The van der Waals surface area contributed by atoms with Crippen LogP contribution in [0.4, 0.5) is 0 Å². The molecule has 0 unspecified atom stereocenters. The van der Waals surface area contributed by atoms with E-state index in [0.717, 1.165) is 22.6 Å². The lowest BCUT2D eigenvalue weighted by Gasteiger charge is -1.98. The van der Waals surface area contributed by atoms with Crippen LogP contribution in [0.3, 0.4) is 0 Å². The summed E-state index contributed by atoms with van der Waals surface area (Å²) in [4.78, 5) is 15.9. The summed E-state index contributed by atoms with van der Waals surface area (Å²) in [6.45, 7) is 6.06. The number of hydrogen-bond donors (Lipinski definition) is 0. The molecular weight excluding hydrogens is 250 g/mol. The van der Waals surface area contributed by atoms with Gasteiger partial charge in [0.1, 0.15) is 0 Å². The van der Waals surface area contributed by atoms with E-state index in [-0.39, 0.29) is 5.97 Å². The molecule has 96 valence electrons. The van der Waals surface area contributed by atoms with Crippen molar-refractivity contribution in [1.82, 2.24) is 14.8 Å². The molecule has 0 fully saturated rings. The number of esters is 1. The molecule has 5 nitrogen and oxygen atoms in total. The minimum atomic E-state index is -0.368. The molecule has 0 atom stereocenters. The molecule has 0 N–H and O–H groups in total. The number of aryl methyl sites for hydroxylation is 2. The summed E-state index contributed by atoms with van der Waals surface area (Å²) in [7, 11) is 1.89. The second-order valence-corrected chi connectivity index (χ2v) is 4.79. The van der Waals surface area contributed by atoms with Gasteiger partial charge in [0.2, 0.25) is 5.01 Å². The maximum atomic E-state index is 11.6. The second-order valence-electron chi connectivity index (χ2n) is 3.93. The van der Waals surface area contributed by atoms with Gasteiger partial charge in [-0.25, -0.2) is 9.78 Å². The molecule has 0 saturated heterocycles. The average molecular weight is 265 g/mol. The molecule has 6 heteroatoms. The molecule has 2 aromatic heterocycles. The lowest BCUT2D eigenvalue weighted by atomic mass is 10.1. The Balaban J connectivity index is 2.38. The van der Waals surface area contributed by atoms with Gasteiger partial charge < -0.3 is 4.74 Å². The summed E-state index contributed by atoms with van der Waals surface area (Å²) in [6, 6.07) is 0. The Kier molecular flexibility index (Phi) is 3.47. The Morgan fingerprint density at radius 3 is 2.78 bits per heavy atom. The molecule has 0 aliphatic rings. The van der Waals surface area contributed by atoms with Gasteiger partial charge in [0.25, 0.3) is 0 Å². The van der Waals surface area contributed by atoms with E-state index in [1.807, 2.05) is 31.0 Å². The molecule has 2 rings (SSSR count). The summed E-state index contributed by atoms with van der Waals surface area (Å²) in [5, 5.41) is 6.59. The highest BCUT2D eigenvalue weighted by Gasteiger charge is 2.17. The largest absolute Gasteiger partial charge is 0.461 e. The monoisotopic (exact) mass is 265 g/mol. The van der Waals surface area contributed by atoms with Crippen LogP contribution in [0.1, 0.15) is 28.1 Å². The van der Waals surface area contributed by atoms with E-state index in [2.05, 4.69) is 10.1 Å². The minimum absolute atomic E-state index is 0.360. The molecular formula is C12H15N3O2S. The highest BCUT2D eigenvalue weighted by Crippen LogP contribution is 2.27. The van der Waals surface area contributed by atoms with Gasteiger partial charge in [0.05, 0.1) is 18.0 Å². The lowest BCUT2D eigenvalue weighted by Crippen LogP contribution is -2.03. The van der Waals surface area contributed by atoms with Crippen molar-refractivity contribution in [2.24, 2.45) is 7.05 Å². The highest BCUT2D eigenvalue weighted by atomic mass is 32.1. The van der Waals surface area contributed by atoms with Crippen LogP contribution >= 0.6 is 11.3 Å². The van der Waals surface area contributed by atoms with Crippen LogP contribution in [0.2, 0.25) is 0 Å². The number of rotatable bonds is 3. The first-order valence-electron chi connectivity index (χ1n) is 5.67. The van der Waals surface area contributed by atoms with Crippen molar-refractivity contribution >= 4 is 17.3 Å². The van der Waals surface area contributed by atoms with Crippen molar-refractivity contribution in [3.63, 3.8) is 0 Å². The molecule has 18 heavy (non-hydrogen) atoms. The van der Waals surface area contributed by atoms with Crippen molar-refractivity contribution in [2.75, 3.05) is 6.61 Å². The maximum Gasteiger partial charge on any atom is 0.367 e. The van der Waals surface area contributed by atoms with E-state index in [1.54, 1.807) is 6.92 Å². The average Bonchev–Trinajstić information content (AvgIpc) is 2.86. The highest BCUT2D eigenvalue weighted by molar-refractivity contribution is 7.11. The Bertz CT molecular complexity index is 586. The number of hydrogen-bond acceptors (Lipinski definition) is 5. The van der Waals surface area contributed by atoms with E-state index < -0.39 is 0 Å². The van der Waals surface area contributed by atoms with E-state index in [0.29, 0.717) is 11.6 Å². The summed E-state index contributed by atoms with van der Waals surface area (Å²) in [5.41, 5.74) is 3.72. The van der Waals surface area contributed by atoms with Crippen molar-refractivity contribution in [2.45, 2.75) is 20.8 Å². The smallest absolute Gasteiger partial charge is 0.367 e. The van der Waals surface area contributed by atoms with E-state index in [1.165, 1.54) is 11.3 Å². The minimum Gasteiger partial charge on any atom is -0.461 e. The Morgan fingerprint density at radius 2 is 2.22 bits per heavy atom. The summed E-state index contributed by atoms with van der Waals surface area (Å²) < 4.78 is 6.74. The van der Waals surface area contributed by atoms with Gasteiger partial charge in [0, 0.05) is 23.7 Å². The SMILES string of the molecule is CCOC(=O)c1nc(-c2c(C)nn(C)c2C)cs1. The van der Waals surface area contributed by atoms with Gasteiger partial charge in [-0.3, -0.25) is 4.68 Å². The second kappa shape index (κ2) is 4.89. The molecule has 0 aliphatic heterocycles. The fourth-order valence-corrected chi connectivity index (χ4v) is 2.52. The number of carbonyl (C=O) groups is 1. The van der Waals surface area contributed by atoms with Gasteiger partial charge in [-0.15, -0.1) is 11.3 Å². The maximum absolute atomic E-state index is 11.6. The zero-order valence-corrected chi connectivity index (χ0v) is 11.7. The van der Waals surface area contributed by atoms with Crippen molar-refractivity contribution in [3.05, 3.63) is 21.8 Å². The van der Waals surface area contributed by atoms with Crippen molar-refractivity contribution in [3.8, 4) is 11.3 Å². The van der Waals surface area contributed by atoms with Crippen molar-refractivity contribution in [1.29, 1.82) is 0 Å². The quantitative estimate of drug-likeness (QED) is 0.799. The normalized spacial score (nSPS) is 10.7. The van der Waals surface area contributed by atoms with Gasteiger partial charge in [-0.2, -0.15) is 5.10 Å². The number of nitrogens with zero attached hydrogens (tertiary/aromatic N) is 3. The third-order valence-corrected chi connectivity index (χ3v) is 3.54. The standard InChI is InChI=1S/C12H15N3O2S/c1-5-17-12(16)11-13-9(6-18-11)10-7(2)14-15(4)8(10)3/h6H,5H2,1-4H3. The number of ether oxygens (including phenoxy) is 1. The molecule has 0 aliphatic carbocycles. The molecule has 0 aromatic carbocycles. The molecule has 2 heterocycles. The van der Waals surface area contributed by atoms with Gasteiger partial charge >= 0.3 is 5.97 Å². The fourth-order valence-electron chi connectivity index (χ4n) is 1.82. The van der Waals surface area contributed by atoms with Gasteiger partial charge in [-0.05, 0) is 20.8 Å². The van der Waals surface area contributed by atoms with Crippen LogP contribution < -0.4 is 0 Å². The first-order valence-corrected chi connectivity index (χ1v) is 6.55. The summed E-state index contributed by atoms with van der Waals surface area (Å²) >= 11 is 1.30. The number of thiazole rings is 1. The summed E-state index contributed by atoms with van der Waals surface area (Å²) in [5.74, 6) is -0.368. The number of carbonyl (C=O) groups excluding carboxylic acids is 1. The molecule has 2 aromatic rings. The van der Waals surface area contributed by atoms with Gasteiger partial charge in [0.15, 0.2) is 0 Å². The van der Waals surface area contributed by atoms with Crippen LogP contribution in [0.25, 0.3) is 11.3 Å². The zero-order valence-electron chi connectivity index (χ0n) is 10.9. The lowest BCUT2D eigenvalue weighted by molar-refractivity contribution is 0.0526. The third kappa shape index (κ3) is 2.15. The van der Waals surface area contributed by atoms with Crippen molar-refractivity contribution < 1.29 is 9.53 Å². The number of aromatic nitrogens is 3. The first-order chi connectivity index (χ1) is 8.54. The topological polar surface area (TPSA) is 57.0 Å². The Labute approximate surface area is 109 Å². The predicted octanol–water partition coefficient (Wildman–Crippen LogP) is 2.34. The van der Waals surface area contributed by atoms with Crippen LogP contribution in [-0.4, -0.2) is 27.3 Å². The van der Waals surface area contributed by atoms with E-state index in [9.17, 15) is 4.79 Å².